The zero-order valence-corrected chi connectivity index (χ0v) is 68.4. The Morgan fingerprint density at radius 1 is 0.434 bits per heavy atom. The van der Waals surface area contributed by atoms with Crippen LogP contribution < -0.4 is 31.8 Å². The first-order chi connectivity index (χ1) is 58.2. The molecule has 9 aromatic rings. The first kappa shape index (κ1) is 89.7. The molecule has 3 saturated heterocycles. The van der Waals surface area contributed by atoms with Gasteiger partial charge in [-0.25, -0.2) is 31.9 Å². The zero-order valence-electron chi connectivity index (χ0n) is 65.2. The monoisotopic (exact) mass is 1790 g/mol. The van der Waals surface area contributed by atoms with E-state index in [1.54, 1.807) is 24.5 Å². The summed E-state index contributed by atoms with van der Waals surface area (Å²) in [5.41, 5.74) is -5.41. The van der Waals surface area contributed by atoms with Gasteiger partial charge in [0.15, 0.2) is 0 Å². The van der Waals surface area contributed by atoms with E-state index < -0.39 is 105 Å². The molecule has 41 heteroatoms. The van der Waals surface area contributed by atoms with Gasteiger partial charge in [-0.3, -0.25) is 28.1 Å². The molecule has 0 bridgehead atoms. The lowest BCUT2D eigenvalue weighted by atomic mass is 9.95. The highest BCUT2D eigenvalue weighted by molar-refractivity contribution is 8.00. The smallest absolute Gasteiger partial charge is 0.359 e. The third kappa shape index (κ3) is 18.9. The van der Waals surface area contributed by atoms with Crippen LogP contribution in [0.15, 0.2) is 146 Å². The molecule has 3 fully saturated rings. The van der Waals surface area contributed by atoms with E-state index in [2.05, 4.69) is 34.7 Å². The molecule has 3 unspecified atom stereocenters. The van der Waals surface area contributed by atoms with Crippen LogP contribution in [0.25, 0.3) is 66.1 Å². The van der Waals surface area contributed by atoms with Crippen molar-refractivity contribution in [2.24, 2.45) is 0 Å². The topological polar surface area (TPSA) is 231 Å². The molecule has 6 aliphatic rings. The van der Waals surface area contributed by atoms with Gasteiger partial charge in [0.25, 0.3) is 0 Å². The minimum Gasteiger partial charge on any atom is -0.359 e. The number of ether oxygens (including phenoxy) is 6. The van der Waals surface area contributed by atoms with Crippen LogP contribution in [0.4, 0.5) is 74.5 Å². The van der Waals surface area contributed by atoms with E-state index in [1.165, 1.54) is 76.4 Å². The summed E-state index contributed by atoms with van der Waals surface area (Å²) in [5.74, 6) is -3.43. The molecule has 0 spiro atoms. The van der Waals surface area contributed by atoms with Crippen LogP contribution in [-0.2, 0) is 81.0 Å². The number of amides is 3. The number of halogens is 14. The minimum atomic E-state index is -4.94. The van der Waals surface area contributed by atoms with Crippen molar-refractivity contribution in [2.45, 2.75) is 71.2 Å². The molecule has 3 atom stereocenters. The number of anilines is 3. The van der Waals surface area contributed by atoms with E-state index in [0.717, 1.165) is 89.9 Å². The van der Waals surface area contributed by atoms with Crippen LogP contribution in [-0.4, -0.2) is 217 Å². The Morgan fingerprint density at radius 3 is 1.07 bits per heavy atom. The summed E-state index contributed by atoms with van der Waals surface area (Å²) in [5, 5.41) is 0.00706. The summed E-state index contributed by atoms with van der Waals surface area (Å²) >= 11 is 9.23. The fourth-order valence-corrected chi connectivity index (χ4v) is 19.2. The quantitative estimate of drug-likeness (QED) is 0.0441. The maximum Gasteiger partial charge on any atom is 0.417 e. The Kier molecular flexibility index (Phi) is 27.6. The molecule has 0 saturated carbocycles. The van der Waals surface area contributed by atoms with Crippen molar-refractivity contribution < 1.29 is 99.9 Å². The van der Waals surface area contributed by atoms with Crippen LogP contribution >= 0.6 is 46.9 Å². The van der Waals surface area contributed by atoms with Crippen molar-refractivity contribution in [3.8, 4) is 33.4 Å². The Morgan fingerprint density at radius 2 is 0.754 bits per heavy atom. The van der Waals surface area contributed by atoms with Gasteiger partial charge in [0.1, 0.15) is 61.1 Å². The SMILES string of the molecule is C=CC(=O)N1CCN(c2nc(=O)n3c4c(c(-c5ccc(F)c(Cl)c5)c(C(F)(F)F)cc24)SCC(OCOC)C3)CC1.C=CC(=O)N1CCN(c2nc(=O)n3c4c(c(-c5ccc(F)cc5)c(C(F)(F)F)cc24)SCC(OCOC)C3)CC1.C=CC(=O)N1CCN(c2nc(=O)n3c4c(c(-c5ccc(F)cc5F)c(C(F)(F)F)cc24)SCC(OCOC)C3)CC1. The second kappa shape index (κ2) is 37.6. The highest BCUT2D eigenvalue weighted by Crippen LogP contribution is 2.53. The number of nitrogens with zero attached hydrogens (tertiary/aromatic N) is 12. The molecule has 0 N–H and O–H groups in total. The summed E-state index contributed by atoms with van der Waals surface area (Å²) in [6.45, 7) is 13.4. The van der Waals surface area contributed by atoms with E-state index in [-0.39, 0.29) is 227 Å². The third-order valence-electron chi connectivity index (χ3n) is 20.9. The molecule has 15 rings (SSSR count). The number of benzene rings is 6. The first-order valence-corrected chi connectivity index (χ1v) is 40.9. The Labute approximate surface area is 704 Å². The van der Waals surface area contributed by atoms with Crippen molar-refractivity contribution in [3.05, 3.63) is 193 Å². The molecule has 0 radical (unpaired) electrons. The number of carbonyl (C=O) groups is 3. The van der Waals surface area contributed by atoms with Gasteiger partial charge in [-0.05, 0) is 84.0 Å². The number of aromatic nitrogens is 6. The van der Waals surface area contributed by atoms with Crippen molar-refractivity contribution >= 4 is 115 Å². The summed E-state index contributed by atoms with van der Waals surface area (Å²) < 4.78 is 225. The first-order valence-electron chi connectivity index (χ1n) is 37.6. The lowest BCUT2D eigenvalue weighted by Crippen LogP contribution is -2.49. The van der Waals surface area contributed by atoms with Crippen molar-refractivity contribution in [2.75, 3.05) is 152 Å². The molecule has 9 heterocycles. The fourth-order valence-electron chi connectivity index (χ4n) is 15.2. The molecule has 24 nitrogen and oxygen atoms in total. The molecule has 122 heavy (non-hydrogen) atoms. The maximum absolute atomic E-state index is 15.1. The number of piperazine rings is 3. The average Bonchev–Trinajstić information content (AvgIpc) is 1.22. The minimum absolute atomic E-state index is 0.00470. The van der Waals surface area contributed by atoms with Gasteiger partial charge in [0, 0.05) is 176 Å². The molecule has 6 aliphatic heterocycles. The number of alkyl halides is 9. The van der Waals surface area contributed by atoms with E-state index in [4.69, 9.17) is 40.0 Å². The van der Waals surface area contributed by atoms with Gasteiger partial charge in [0.2, 0.25) is 17.7 Å². The summed E-state index contributed by atoms with van der Waals surface area (Å²) in [6.07, 6.45) is -12.7. The van der Waals surface area contributed by atoms with E-state index >= 15 is 4.39 Å². The van der Waals surface area contributed by atoms with Crippen molar-refractivity contribution in [1.29, 1.82) is 0 Å². The lowest BCUT2D eigenvalue weighted by Gasteiger charge is -2.35. The van der Waals surface area contributed by atoms with Gasteiger partial charge >= 0.3 is 35.6 Å². The Hall–Kier alpha value is -10.0. The average molecular weight is 1790 g/mol. The van der Waals surface area contributed by atoms with Crippen LogP contribution in [0.2, 0.25) is 5.02 Å². The largest absolute Gasteiger partial charge is 0.417 e. The summed E-state index contributed by atoms with van der Waals surface area (Å²) in [4.78, 5) is 99.5. The fraction of sp³-hybridized carbons (Fsp3) is 0.370. The number of hydrogen-bond acceptors (Lipinski definition) is 21. The third-order valence-corrected chi connectivity index (χ3v) is 24.9. The number of thioether (sulfide) groups is 3. The zero-order chi connectivity index (χ0) is 87.6. The number of carbonyl (C=O) groups excluding carboxylic acids is 3. The predicted octanol–water partition coefficient (Wildman–Crippen LogP) is 13.2. The van der Waals surface area contributed by atoms with Crippen LogP contribution in [0.3, 0.4) is 0 Å². The van der Waals surface area contributed by atoms with Gasteiger partial charge in [0.05, 0.1) is 76.2 Å². The summed E-state index contributed by atoms with van der Waals surface area (Å²) in [6, 6.07) is 13.4. The van der Waals surface area contributed by atoms with Gasteiger partial charge in [-0.1, -0.05) is 49.5 Å². The lowest BCUT2D eigenvalue weighted by molar-refractivity contribution is -0.137. The van der Waals surface area contributed by atoms with Crippen LogP contribution in [0.1, 0.15) is 16.7 Å². The summed E-state index contributed by atoms with van der Waals surface area (Å²) in [7, 11) is 4.30. The van der Waals surface area contributed by atoms with Gasteiger partial charge < -0.3 is 57.8 Å². The molecule has 0 aliphatic carbocycles. The highest BCUT2D eigenvalue weighted by Gasteiger charge is 2.44. The second-order valence-corrected chi connectivity index (χ2v) is 31.9. The van der Waals surface area contributed by atoms with Crippen LogP contribution in [0.5, 0.6) is 0 Å². The number of hydrogen-bond donors (Lipinski definition) is 0. The van der Waals surface area contributed by atoms with E-state index in [9.17, 15) is 81.5 Å². The van der Waals surface area contributed by atoms with Crippen LogP contribution in [0, 0.1) is 23.3 Å². The second-order valence-electron chi connectivity index (χ2n) is 28.4. The normalized spacial score (nSPS) is 17.6. The van der Waals surface area contributed by atoms with E-state index in [1.807, 2.05) is 0 Å². The van der Waals surface area contributed by atoms with E-state index in [0.29, 0.717) is 24.7 Å². The Bertz CT molecular complexity index is 5740. The highest BCUT2D eigenvalue weighted by atomic mass is 35.5. The number of rotatable bonds is 18. The predicted molar refractivity (Wildman–Crippen MR) is 434 cm³/mol. The van der Waals surface area contributed by atoms with Gasteiger partial charge in [-0.2, -0.15) is 54.5 Å². The molecule has 648 valence electrons. The maximum atomic E-state index is 15.1. The Balaban J connectivity index is 0.000000158. The molecule has 6 aromatic carbocycles. The molecule has 3 aromatic heterocycles. The standard InChI is InChI=1S/C27H25ClF4N4O4S.C27H25F5N4O4S.C27H26F4N4O4S/c1-3-21(37)34-6-8-35(9-7-34)25-17-11-18(27(30,31)32)22(15-4-5-20(29)19(28)10-15)24-23(17)36(26(38)33-25)12-16(13-41-24)40-14-39-2;1-3-21(37)34-6-8-35(9-7-34)25-18-11-19(27(30,31)32)22(17-5-4-15(28)10-20(17)29)24-23(18)36(26(38)33-25)12-16(13-41-24)40-14-39-2;1-3-21(36)33-8-10-34(11-9-33)25-19-12-20(27(29,30)31)22(16-4-6-17(28)7-5-16)24-23(19)35(26(37)32-25)13-18(14-40-24)39-15-38-2/h2*3-5,10-11,16H,1,6-9,12-14H2,2H3;3-7,12,18H,1,8-11,13-15H2,2H3. The van der Waals surface area contributed by atoms with Crippen molar-refractivity contribution in [3.63, 3.8) is 0 Å². The molecule has 3 amide bonds. The number of methoxy groups -OCH3 is 3. The molecular weight excluding hydrogens is 1710 g/mol. The van der Waals surface area contributed by atoms with Gasteiger partial charge in [-0.15, -0.1) is 35.3 Å². The van der Waals surface area contributed by atoms with Crippen molar-refractivity contribution in [1.82, 2.24) is 43.4 Å². The molecular formula is C81H76ClF13N12O12S3.